The van der Waals surface area contributed by atoms with Crippen molar-refractivity contribution in [2.24, 2.45) is 5.16 Å². The van der Waals surface area contributed by atoms with E-state index in [0.717, 1.165) is 11.1 Å². The van der Waals surface area contributed by atoms with Crippen LogP contribution in [-0.4, -0.2) is 16.9 Å². The molecule has 2 aromatic rings. The molecule has 0 aliphatic rings. The SMILES string of the molecule is CC(=NO)c1ccc(OC(=O)c2ccc(C)cc2)cc1. The number of hydrogen-bond donors (Lipinski definition) is 1. The first-order valence-electron chi connectivity index (χ1n) is 6.18. The predicted octanol–water partition coefficient (Wildman–Crippen LogP) is 3.41. The van der Waals surface area contributed by atoms with Gasteiger partial charge in [-0.3, -0.25) is 0 Å². The molecule has 0 saturated heterocycles. The van der Waals surface area contributed by atoms with Crippen molar-refractivity contribution in [1.29, 1.82) is 0 Å². The molecule has 0 radical (unpaired) electrons. The van der Waals surface area contributed by atoms with Gasteiger partial charge in [0.1, 0.15) is 5.75 Å². The molecule has 0 spiro atoms. The topological polar surface area (TPSA) is 58.9 Å². The predicted molar refractivity (Wildman–Crippen MR) is 76.6 cm³/mol. The second-order valence-corrected chi connectivity index (χ2v) is 4.47. The number of oxime groups is 1. The molecule has 0 aromatic heterocycles. The number of carbonyl (C=O) groups is 1. The molecular formula is C16H15NO3. The molecule has 0 unspecified atom stereocenters. The van der Waals surface area contributed by atoms with Gasteiger partial charge in [-0.2, -0.15) is 0 Å². The van der Waals surface area contributed by atoms with E-state index in [1.807, 2.05) is 19.1 Å². The van der Waals surface area contributed by atoms with Crippen LogP contribution in [0.3, 0.4) is 0 Å². The largest absolute Gasteiger partial charge is 0.423 e. The Morgan fingerprint density at radius 2 is 1.55 bits per heavy atom. The summed E-state index contributed by atoms with van der Waals surface area (Å²) in [6, 6.07) is 14.0. The third kappa shape index (κ3) is 3.23. The van der Waals surface area contributed by atoms with Crippen molar-refractivity contribution in [2.75, 3.05) is 0 Å². The van der Waals surface area contributed by atoms with Crippen LogP contribution in [0.4, 0.5) is 0 Å². The highest BCUT2D eigenvalue weighted by Crippen LogP contribution is 2.15. The third-order valence-electron chi connectivity index (χ3n) is 2.92. The van der Waals surface area contributed by atoms with E-state index in [0.29, 0.717) is 17.0 Å². The van der Waals surface area contributed by atoms with Crippen LogP contribution in [0, 0.1) is 6.92 Å². The molecule has 1 N–H and O–H groups in total. The Hall–Kier alpha value is -2.62. The maximum atomic E-state index is 11.9. The zero-order valence-corrected chi connectivity index (χ0v) is 11.3. The van der Waals surface area contributed by atoms with Crippen LogP contribution >= 0.6 is 0 Å². The first-order chi connectivity index (χ1) is 9.60. The summed E-state index contributed by atoms with van der Waals surface area (Å²) in [5, 5.41) is 11.8. The Labute approximate surface area is 117 Å². The summed E-state index contributed by atoms with van der Waals surface area (Å²) in [5.41, 5.74) is 2.86. The van der Waals surface area contributed by atoms with Gasteiger partial charge in [-0.05, 0) is 55.8 Å². The van der Waals surface area contributed by atoms with Crippen LogP contribution in [0.2, 0.25) is 0 Å². The van der Waals surface area contributed by atoms with E-state index in [2.05, 4.69) is 5.16 Å². The Morgan fingerprint density at radius 3 is 2.10 bits per heavy atom. The minimum atomic E-state index is -0.398. The van der Waals surface area contributed by atoms with Crippen molar-refractivity contribution < 1.29 is 14.7 Å². The van der Waals surface area contributed by atoms with Crippen molar-refractivity contribution in [3.8, 4) is 5.75 Å². The van der Waals surface area contributed by atoms with Gasteiger partial charge in [0.05, 0.1) is 11.3 Å². The van der Waals surface area contributed by atoms with Gasteiger partial charge in [-0.1, -0.05) is 22.9 Å². The quantitative estimate of drug-likeness (QED) is 0.305. The second-order valence-electron chi connectivity index (χ2n) is 4.47. The second kappa shape index (κ2) is 6.02. The highest BCUT2D eigenvalue weighted by molar-refractivity contribution is 5.98. The molecular weight excluding hydrogens is 254 g/mol. The van der Waals surface area contributed by atoms with Crippen LogP contribution in [0.15, 0.2) is 53.7 Å². The van der Waals surface area contributed by atoms with E-state index in [4.69, 9.17) is 9.94 Å². The zero-order valence-electron chi connectivity index (χ0n) is 11.3. The van der Waals surface area contributed by atoms with Gasteiger partial charge in [0.25, 0.3) is 0 Å². The Morgan fingerprint density at radius 1 is 1.00 bits per heavy atom. The molecule has 0 saturated carbocycles. The number of hydrogen-bond acceptors (Lipinski definition) is 4. The van der Waals surface area contributed by atoms with Gasteiger partial charge >= 0.3 is 5.97 Å². The van der Waals surface area contributed by atoms with E-state index in [9.17, 15) is 4.79 Å². The molecule has 0 aliphatic carbocycles. The fourth-order valence-corrected chi connectivity index (χ4v) is 1.68. The molecule has 4 nitrogen and oxygen atoms in total. The van der Waals surface area contributed by atoms with Crippen LogP contribution in [-0.2, 0) is 0 Å². The average Bonchev–Trinajstić information content (AvgIpc) is 2.48. The maximum absolute atomic E-state index is 11.9. The summed E-state index contributed by atoms with van der Waals surface area (Å²) in [7, 11) is 0. The van der Waals surface area contributed by atoms with Crippen molar-refractivity contribution >= 4 is 11.7 Å². The first-order valence-corrected chi connectivity index (χ1v) is 6.18. The number of nitrogens with zero attached hydrogens (tertiary/aromatic N) is 1. The van der Waals surface area contributed by atoms with E-state index >= 15 is 0 Å². The first kappa shape index (κ1) is 13.8. The van der Waals surface area contributed by atoms with Gasteiger partial charge in [-0.25, -0.2) is 4.79 Å². The van der Waals surface area contributed by atoms with Crippen molar-refractivity contribution in [3.63, 3.8) is 0 Å². The number of ether oxygens (including phenoxy) is 1. The summed E-state index contributed by atoms with van der Waals surface area (Å²) < 4.78 is 5.27. The lowest BCUT2D eigenvalue weighted by atomic mass is 10.1. The highest BCUT2D eigenvalue weighted by Gasteiger charge is 2.08. The Balaban J connectivity index is 2.10. The maximum Gasteiger partial charge on any atom is 0.343 e. The van der Waals surface area contributed by atoms with Crippen molar-refractivity contribution in [2.45, 2.75) is 13.8 Å². The van der Waals surface area contributed by atoms with Gasteiger partial charge in [0.15, 0.2) is 0 Å². The lowest BCUT2D eigenvalue weighted by Crippen LogP contribution is -2.08. The minimum absolute atomic E-state index is 0.398. The van der Waals surface area contributed by atoms with Crippen LogP contribution in [0.1, 0.15) is 28.4 Å². The summed E-state index contributed by atoms with van der Waals surface area (Å²) in [6.07, 6.45) is 0. The van der Waals surface area contributed by atoms with E-state index in [1.54, 1.807) is 43.3 Å². The lowest BCUT2D eigenvalue weighted by Gasteiger charge is -2.05. The minimum Gasteiger partial charge on any atom is -0.423 e. The molecule has 0 amide bonds. The third-order valence-corrected chi connectivity index (χ3v) is 2.92. The van der Waals surface area contributed by atoms with Gasteiger partial charge < -0.3 is 9.94 Å². The molecule has 2 rings (SSSR count). The number of rotatable bonds is 3. The smallest absolute Gasteiger partial charge is 0.343 e. The molecule has 2 aromatic carbocycles. The monoisotopic (exact) mass is 269 g/mol. The summed E-state index contributed by atoms with van der Waals surface area (Å²) in [6.45, 7) is 3.65. The molecule has 102 valence electrons. The van der Waals surface area contributed by atoms with Gasteiger partial charge in [0.2, 0.25) is 0 Å². The van der Waals surface area contributed by atoms with E-state index < -0.39 is 5.97 Å². The van der Waals surface area contributed by atoms with E-state index in [-0.39, 0.29) is 0 Å². The highest BCUT2D eigenvalue weighted by atomic mass is 16.5. The van der Waals surface area contributed by atoms with Crippen molar-refractivity contribution in [3.05, 3.63) is 65.2 Å². The van der Waals surface area contributed by atoms with Gasteiger partial charge in [0, 0.05) is 0 Å². The summed E-state index contributed by atoms with van der Waals surface area (Å²) >= 11 is 0. The zero-order chi connectivity index (χ0) is 14.5. The Kier molecular flexibility index (Phi) is 4.15. The number of aryl methyl sites for hydroxylation is 1. The molecule has 20 heavy (non-hydrogen) atoms. The van der Waals surface area contributed by atoms with Crippen molar-refractivity contribution in [1.82, 2.24) is 0 Å². The number of esters is 1. The lowest BCUT2D eigenvalue weighted by molar-refractivity contribution is 0.0735. The van der Waals surface area contributed by atoms with Crippen LogP contribution in [0.25, 0.3) is 0 Å². The molecule has 0 bridgehead atoms. The normalized spacial score (nSPS) is 11.2. The number of carbonyl (C=O) groups excluding carboxylic acids is 1. The molecule has 4 heteroatoms. The molecule has 0 atom stereocenters. The molecule has 0 heterocycles. The average molecular weight is 269 g/mol. The fourth-order valence-electron chi connectivity index (χ4n) is 1.68. The molecule has 0 fully saturated rings. The fraction of sp³-hybridized carbons (Fsp3) is 0.125. The number of benzene rings is 2. The van der Waals surface area contributed by atoms with Crippen LogP contribution in [0.5, 0.6) is 5.75 Å². The molecule has 0 aliphatic heterocycles. The Bertz CT molecular complexity index is 628. The van der Waals surface area contributed by atoms with Gasteiger partial charge in [-0.15, -0.1) is 0 Å². The van der Waals surface area contributed by atoms with Crippen LogP contribution < -0.4 is 4.74 Å². The summed E-state index contributed by atoms with van der Waals surface area (Å²) in [5.74, 6) is 0.0513. The van der Waals surface area contributed by atoms with E-state index in [1.165, 1.54) is 0 Å². The standard InChI is InChI=1S/C16H15NO3/c1-11-3-5-14(6-4-11)16(18)20-15-9-7-13(8-10-15)12(2)17-19/h3-10,19H,1-2H3. The summed E-state index contributed by atoms with van der Waals surface area (Å²) in [4.78, 5) is 11.9.